The van der Waals surface area contributed by atoms with Crippen molar-refractivity contribution in [2.45, 2.75) is 26.6 Å². The van der Waals surface area contributed by atoms with Crippen LogP contribution >= 0.6 is 0 Å². The number of aromatic nitrogens is 2. The lowest BCUT2D eigenvalue weighted by Crippen LogP contribution is -2.14. The maximum Gasteiger partial charge on any atom is 0.417 e. The van der Waals surface area contributed by atoms with Crippen LogP contribution < -0.4 is 5.56 Å². The molecule has 3 aromatic rings. The van der Waals surface area contributed by atoms with Gasteiger partial charge in [0.1, 0.15) is 0 Å². The molecule has 0 spiro atoms. The highest BCUT2D eigenvalue weighted by molar-refractivity contribution is 6.09. The maximum atomic E-state index is 13.6. The molecule has 0 unspecified atom stereocenters. The van der Waals surface area contributed by atoms with Crippen LogP contribution in [0.4, 0.5) is 13.2 Å². The molecule has 9 heteroatoms. The molecule has 0 amide bonds. The molecule has 2 N–H and O–H groups in total. The second kappa shape index (κ2) is 8.56. The van der Waals surface area contributed by atoms with Gasteiger partial charge in [0.15, 0.2) is 0 Å². The van der Waals surface area contributed by atoms with E-state index in [0.717, 1.165) is 11.3 Å². The molecule has 0 fully saturated rings. The minimum atomic E-state index is -4.64. The largest absolute Gasteiger partial charge is 0.417 e. The zero-order valence-electron chi connectivity index (χ0n) is 16.2. The summed E-state index contributed by atoms with van der Waals surface area (Å²) in [7, 11) is 0. The number of nitrogens with zero attached hydrogens (tertiary/aromatic N) is 1. The number of pyridine rings is 1. The molecule has 0 saturated heterocycles. The van der Waals surface area contributed by atoms with Crippen LogP contribution in [-0.2, 0) is 22.2 Å². The van der Waals surface area contributed by atoms with E-state index in [0.29, 0.717) is 43.3 Å². The summed E-state index contributed by atoms with van der Waals surface area (Å²) in [5.41, 5.74) is 0.676. The molecule has 0 saturated carbocycles. The Morgan fingerprint density at radius 2 is 1.76 bits per heavy atom. The Morgan fingerprint density at radius 3 is 2.41 bits per heavy atom. The lowest BCUT2D eigenvalue weighted by Gasteiger charge is -2.12. The van der Waals surface area contributed by atoms with Crippen molar-refractivity contribution >= 4 is 21.8 Å². The Balaban J connectivity index is 1.99. The third-order valence-electron chi connectivity index (χ3n) is 4.97. The number of hydrogen-bond donors (Lipinski definition) is 2. The van der Waals surface area contributed by atoms with E-state index >= 15 is 0 Å². The molecule has 0 aliphatic carbocycles. The van der Waals surface area contributed by atoms with E-state index in [4.69, 9.17) is 14.6 Å². The summed E-state index contributed by atoms with van der Waals surface area (Å²) in [6.45, 7) is 5.38. The van der Waals surface area contributed by atoms with Crippen molar-refractivity contribution in [3.63, 3.8) is 0 Å². The number of rotatable bonds is 8. The van der Waals surface area contributed by atoms with Crippen molar-refractivity contribution in [1.82, 2.24) is 9.55 Å². The molecule has 2 heterocycles. The first kappa shape index (κ1) is 21.4. The minimum absolute atomic E-state index is 0.00673. The first-order valence-corrected chi connectivity index (χ1v) is 9.24. The van der Waals surface area contributed by atoms with Crippen LogP contribution in [-0.4, -0.2) is 47.7 Å². The molecule has 0 atom stereocenters. The normalized spacial score (nSPS) is 12.3. The molecule has 0 radical (unpaired) electrons. The Kier molecular flexibility index (Phi) is 6.30. The quantitative estimate of drug-likeness (QED) is 0.558. The summed E-state index contributed by atoms with van der Waals surface area (Å²) < 4.78 is 53.5. The molecule has 29 heavy (non-hydrogen) atoms. The zero-order valence-corrected chi connectivity index (χ0v) is 16.2. The SMILES string of the molecule is Cc1c(C)n(CCOCCOCCO)c2ccc3[nH]c(=O)cc(C(F)(F)F)c3c12. The van der Waals surface area contributed by atoms with Gasteiger partial charge in [-0.05, 0) is 31.5 Å². The van der Waals surface area contributed by atoms with Crippen molar-refractivity contribution in [1.29, 1.82) is 0 Å². The summed E-state index contributed by atoms with van der Waals surface area (Å²) in [6.07, 6.45) is -4.64. The molecule has 6 nitrogen and oxygen atoms in total. The predicted octanol–water partition coefficient (Wildman–Crippen LogP) is 3.14. The standard InChI is InChI=1S/C20H23F3N2O4/c1-12-13(2)25(5-7-28-9-10-29-8-6-26)16-4-3-15-19(18(12)16)14(20(21,22)23)11-17(27)24-15/h3-4,11,26H,5-10H2,1-2H3,(H,24,27). The van der Waals surface area contributed by atoms with Gasteiger partial charge in [-0.2, -0.15) is 13.2 Å². The van der Waals surface area contributed by atoms with E-state index in [1.165, 1.54) is 6.07 Å². The first-order chi connectivity index (χ1) is 13.8. The van der Waals surface area contributed by atoms with Gasteiger partial charge >= 0.3 is 6.18 Å². The van der Waals surface area contributed by atoms with E-state index in [1.807, 2.05) is 11.5 Å². The van der Waals surface area contributed by atoms with Gasteiger partial charge in [0.2, 0.25) is 5.56 Å². The maximum absolute atomic E-state index is 13.6. The number of ether oxygens (including phenoxy) is 2. The van der Waals surface area contributed by atoms with Crippen LogP contribution in [0.25, 0.3) is 21.8 Å². The number of alkyl halides is 3. The van der Waals surface area contributed by atoms with E-state index in [1.54, 1.807) is 13.0 Å². The lowest BCUT2D eigenvalue weighted by molar-refractivity contribution is -0.136. The van der Waals surface area contributed by atoms with Gasteiger partial charge in [0.05, 0.1) is 38.6 Å². The molecular formula is C20H23F3N2O4. The van der Waals surface area contributed by atoms with Crippen molar-refractivity contribution in [3.8, 4) is 0 Å². The van der Waals surface area contributed by atoms with E-state index in [-0.39, 0.29) is 24.1 Å². The van der Waals surface area contributed by atoms with E-state index in [9.17, 15) is 18.0 Å². The van der Waals surface area contributed by atoms with Crippen molar-refractivity contribution in [3.05, 3.63) is 45.4 Å². The second-order valence-corrected chi connectivity index (χ2v) is 6.74. The van der Waals surface area contributed by atoms with Crippen LogP contribution in [0.15, 0.2) is 23.0 Å². The lowest BCUT2D eigenvalue weighted by atomic mass is 10.0. The van der Waals surface area contributed by atoms with Gasteiger partial charge in [-0.3, -0.25) is 4.79 Å². The molecular weight excluding hydrogens is 389 g/mol. The van der Waals surface area contributed by atoms with E-state index in [2.05, 4.69) is 4.98 Å². The fraction of sp³-hybridized carbons (Fsp3) is 0.450. The fourth-order valence-electron chi connectivity index (χ4n) is 3.57. The molecule has 1 aromatic carbocycles. The fourth-order valence-corrected chi connectivity index (χ4v) is 3.57. The first-order valence-electron chi connectivity index (χ1n) is 9.24. The molecule has 0 aliphatic rings. The highest BCUT2D eigenvalue weighted by Crippen LogP contribution is 2.39. The molecule has 158 valence electrons. The number of nitrogens with one attached hydrogen (secondary N) is 1. The number of fused-ring (bicyclic) bond motifs is 3. The summed E-state index contributed by atoms with van der Waals surface area (Å²) in [5, 5.41) is 9.14. The summed E-state index contributed by atoms with van der Waals surface area (Å²) in [4.78, 5) is 14.2. The third-order valence-corrected chi connectivity index (χ3v) is 4.97. The van der Waals surface area contributed by atoms with Crippen LogP contribution in [0.5, 0.6) is 0 Å². The Bertz CT molecular complexity index is 1070. The number of aliphatic hydroxyl groups excluding tert-OH is 1. The third kappa shape index (κ3) is 4.31. The molecule has 0 aliphatic heterocycles. The van der Waals surface area contributed by atoms with Crippen LogP contribution in [0, 0.1) is 13.8 Å². The van der Waals surface area contributed by atoms with Crippen molar-refractivity contribution in [2.24, 2.45) is 0 Å². The number of H-pyrrole nitrogens is 1. The molecule has 2 aromatic heterocycles. The zero-order chi connectivity index (χ0) is 21.2. The molecule has 0 bridgehead atoms. The van der Waals surface area contributed by atoms with Crippen LogP contribution in [0.2, 0.25) is 0 Å². The van der Waals surface area contributed by atoms with Gasteiger partial charge in [0, 0.05) is 40.1 Å². The summed E-state index contributed by atoms with van der Waals surface area (Å²) in [5.74, 6) is 0. The highest BCUT2D eigenvalue weighted by Gasteiger charge is 2.34. The van der Waals surface area contributed by atoms with Crippen molar-refractivity contribution < 1.29 is 27.8 Å². The minimum Gasteiger partial charge on any atom is -0.394 e. The van der Waals surface area contributed by atoms with Crippen molar-refractivity contribution in [2.75, 3.05) is 33.0 Å². The van der Waals surface area contributed by atoms with Gasteiger partial charge in [-0.1, -0.05) is 0 Å². The summed E-state index contributed by atoms with van der Waals surface area (Å²) in [6, 6.07) is 3.84. The Labute approximate surface area is 164 Å². The highest BCUT2D eigenvalue weighted by atomic mass is 19.4. The molecule has 3 rings (SSSR count). The van der Waals surface area contributed by atoms with Gasteiger partial charge in [-0.15, -0.1) is 0 Å². The topological polar surface area (TPSA) is 76.5 Å². The monoisotopic (exact) mass is 412 g/mol. The Morgan fingerprint density at radius 1 is 1.07 bits per heavy atom. The van der Waals surface area contributed by atoms with Crippen LogP contribution in [0.3, 0.4) is 0 Å². The number of hydrogen-bond acceptors (Lipinski definition) is 4. The second-order valence-electron chi connectivity index (χ2n) is 6.74. The summed E-state index contributed by atoms with van der Waals surface area (Å²) >= 11 is 0. The Hall–Kier alpha value is -2.36. The van der Waals surface area contributed by atoms with Crippen LogP contribution in [0.1, 0.15) is 16.8 Å². The van der Waals surface area contributed by atoms with E-state index < -0.39 is 17.3 Å². The average molecular weight is 412 g/mol. The van der Waals surface area contributed by atoms with Gasteiger partial charge in [-0.25, -0.2) is 0 Å². The van der Waals surface area contributed by atoms with Gasteiger partial charge in [0.25, 0.3) is 0 Å². The predicted molar refractivity (Wildman–Crippen MR) is 103 cm³/mol. The number of halogens is 3. The van der Waals surface area contributed by atoms with Gasteiger partial charge < -0.3 is 24.1 Å². The number of aliphatic hydroxyl groups is 1. The smallest absolute Gasteiger partial charge is 0.394 e. The average Bonchev–Trinajstić information content (AvgIpc) is 2.90. The number of aromatic amines is 1. The number of benzene rings is 1. The number of aryl methyl sites for hydroxylation is 1.